The van der Waals surface area contributed by atoms with E-state index in [-0.39, 0.29) is 12.0 Å². The van der Waals surface area contributed by atoms with Gasteiger partial charge in [0.15, 0.2) is 0 Å². The summed E-state index contributed by atoms with van der Waals surface area (Å²) < 4.78 is 18.7. The lowest BCUT2D eigenvalue weighted by Crippen LogP contribution is -2.55. The summed E-state index contributed by atoms with van der Waals surface area (Å²) in [6.45, 7) is 6.32. The number of hydrogen-bond acceptors (Lipinski definition) is 3. The van der Waals surface area contributed by atoms with Crippen LogP contribution in [0.5, 0.6) is 0 Å². The number of amides is 1. The monoisotopic (exact) mass is 297 g/mol. The van der Waals surface area contributed by atoms with Crippen LogP contribution in [0, 0.1) is 5.82 Å². The zero-order chi connectivity index (χ0) is 16.3. The average molecular weight is 297 g/mol. The van der Waals surface area contributed by atoms with Gasteiger partial charge in [-0.3, -0.25) is 0 Å². The fourth-order valence-electron chi connectivity index (χ4n) is 1.72. The standard InChI is InChI=1S/C15H20FNO4/c1-14(2,3)21-13(20)17-15(4,12(18)19)9-10-7-5-6-8-11(10)16/h5-8H,9H2,1-4H3,(H,17,20)(H,18,19). The maximum atomic E-state index is 13.7. The van der Waals surface area contributed by atoms with Crippen molar-refractivity contribution in [3.63, 3.8) is 0 Å². The van der Waals surface area contributed by atoms with Gasteiger partial charge in [0, 0.05) is 6.42 Å². The second kappa shape index (κ2) is 6.11. The average Bonchev–Trinajstić information content (AvgIpc) is 2.29. The molecule has 1 aromatic carbocycles. The highest BCUT2D eigenvalue weighted by atomic mass is 19.1. The molecule has 5 nitrogen and oxygen atoms in total. The summed E-state index contributed by atoms with van der Waals surface area (Å²) in [6.07, 6.45) is -1.04. The molecule has 0 radical (unpaired) electrons. The first-order valence-electron chi connectivity index (χ1n) is 6.51. The molecule has 0 aliphatic heterocycles. The quantitative estimate of drug-likeness (QED) is 0.896. The number of benzene rings is 1. The van der Waals surface area contributed by atoms with E-state index >= 15 is 0 Å². The van der Waals surface area contributed by atoms with E-state index in [2.05, 4.69) is 5.32 Å². The predicted molar refractivity (Wildman–Crippen MR) is 75.5 cm³/mol. The number of carboxylic acids is 1. The molecule has 0 aromatic heterocycles. The lowest BCUT2D eigenvalue weighted by molar-refractivity contribution is -0.144. The Morgan fingerprint density at radius 1 is 1.24 bits per heavy atom. The van der Waals surface area contributed by atoms with Crippen molar-refractivity contribution in [2.45, 2.75) is 45.3 Å². The molecule has 0 fully saturated rings. The van der Waals surface area contributed by atoms with Crippen LogP contribution >= 0.6 is 0 Å². The number of hydrogen-bond donors (Lipinski definition) is 2. The summed E-state index contributed by atoms with van der Waals surface area (Å²) in [4.78, 5) is 23.2. The van der Waals surface area contributed by atoms with E-state index in [0.29, 0.717) is 0 Å². The number of carboxylic acid groups (broad SMARTS) is 1. The molecule has 1 rings (SSSR count). The number of nitrogens with one attached hydrogen (secondary N) is 1. The van der Waals surface area contributed by atoms with E-state index < -0.39 is 29.0 Å². The van der Waals surface area contributed by atoms with Crippen molar-refractivity contribution in [2.75, 3.05) is 0 Å². The highest BCUT2D eigenvalue weighted by Crippen LogP contribution is 2.18. The molecule has 1 amide bonds. The molecule has 0 heterocycles. The van der Waals surface area contributed by atoms with Crippen molar-refractivity contribution < 1.29 is 23.8 Å². The Bertz CT molecular complexity index is 539. The van der Waals surface area contributed by atoms with E-state index in [4.69, 9.17) is 4.74 Å². The highest BCUT2D eigenvalue weighted by molar-refractivity contribution is 5.84. The van der Waals surface area contributed by atoms with E-state index in [1.807, 2.05) is 0 Å². The van der Waals surface area contributed by atoms with Crippen LogP contribution < -0.4 is 5.32 Å². The van der Waals surface area contributed by atoms with Gasteiger partial charge in [0.1, 0.15) is 17.0 Å². The summed E-state index contributed by atoms with van der Waals surface area (Å²) >= 11 is 0. The highest BCUT2D eigenvalue weighted by Gasteiger charge is 2.37. The Morgan fingerprint density at radius 2 is 1.81 bits per heavy atom. The summed E-state index contributed by atoms with van der Waals surface area (Å²) in [6, 6.07) is 5.84. The maximum absolute atomic E-state index is 13.7. The van der Waals surface area contributed by atoms with Crippen molar-refractivity contribution >= 4 is 12.1 Å². The lowest BCUT2D eigenvalue weighted by Gasteiger charge is -2.28. The Balaban J connectivity index is 2.92. The first-order chi connectivity index (χ1) is 9.53. The van der Waals surface area contributed by atoms with Gasteiger partial charge >= 0.3 is 12.1 Å². The molecular weight excluding hydrogens is 277 g/mol. The third kappa shape index (κ3) is 5.06. The van der Waals surface area contributed by atoms with Crippen LogP contribution in [-0.2, 0) is 16.0 Å². The Labute approximate surface area is 123 Å². The van der Waals surface area contributed by atoms with Crippen LogP contribution in [0.1, 0.15) is 33.3 Å². The number of rotatable bonds is 4. The molecule has 0 spiro atoms. The van der Waals surface area contributed by atoms with Crippen molar-refractivity contribution in [2.24, 2.45) is 0 Å². The molecule has 116 valence electrons. The number of halogens is 1. The van der Waals surface area contributed by atoms with Gasteiger partial charge in [0.25, 0.3) is 0 Å². The second-order valence-electron chi connectivity index (χ2n) is 6.03. The van der Waals surface area contributed by atoms with Crippen LogP contribution in [0.4, 0.5) is 9.18 Å². The van der Waals surface area contributed by atoms with Gasteiger partial charge in [0.05, 0.1) is 0 Å². The summed E-state index contributed by atoms with van der Waals surface area (Å²) in [5.41, 5.74) is -2.20. The van der Waals surface area contributed by atoms with Crippen molar-refractivity contribution in [1.29, 1.82) is 0 Å². The molecule has 0 aliphatic carbocycles. The van der Waals surface area contributed by atoms with Gasteiger partial charge < -0.3 is 15.2 Å². The van der Waals surface area contributed by atoms with E-state index in [0.717, 1.165) is 0 Å². The predicted octanol–water partition coefficient (Wildman–Crippen LogP) is 2.74. The fraction of sp³-hybridized carbons (Fsp3) is 0.467. The topological polar surface area (TPSA) is 75.6 Å². The van der Waals surface area contributed by atoms with Gasteiger partial charge in [0.2, 0.25) is 0 Å². The Hall–Kier alpha value is -2.11. The Kier molecular flexibility index (Phi) is 4.93. The van der Waals surface area contributed by atoms with Crippen LogP contribution in [0.3, 0.4) is 0 Å². The molecular formula is C15H20FNO4. The minimum Gasteiger partial charge on any atom is -0.480 e. The Morgan fingerprint density at radius 3 is 2.29 bits per heavy atom. The van der Waals surface area contributed by atoms with Crippen molar-refractivity contribution in [3.05, 3.63) is 35.6 Å². The molecule has 0 saturated heterocycles. The molecule has 1 unspecified atom stereocenters. The first-order valence-corrected chi connectivity index (χ1v) is 6.51. The van der Waals surface area contributed by atoms with Crippen molar-refractivity contribution in [3.8, 4) is 0 Å². The summed E-state index contributed by atoms with van der Waals surface area (Å²) in [5, 5.41) is 11.6. The minimum atomic E-state index is -1.66. The molecule has 0 bridgehead atoms. The SMILES string of the molecule is CC(C)(C)OC(=O)NC(C)(Cc1ccccc1F)C(=O)O. The zero-order valence-electron chi connectivity index (χ0n) is 12.6. The van der Waals surface area contributed by atoms with E-state index in [1.165, 1.54) is 25.1 Å². The number of carbonyl (C=O) groups excluding carboxylic acids is 1. The number of alkyl carbamates (subject to hydrolysis) is 1. The second-order valence-corrected chi connectivity index (χ2v) is 6.03. The third-order valence-corrected chi connectivity index (χ3v) is 2.75. The number of carbonyl (C=O) groups is 2. The summed E-state index contributed by atoms with van der Waals surface area (Å²) in [5.74, 6) is -1.78. The van der Waals surface area contributed by atoms with Gasteiger partial charge in [-0.15, -0.1) is 0 Å². The summed E-state index contributed by atoms with van der Waals surface area (Å²) in [7, 11) is 0. The number of ether oxygens (including phenoxy) is 1. The molecule has 0 aliphatic rings. The van der Waals surface area contributed by atoms with E-state index in [9.17, 15) is 19.1 Å². The van der Waals surface area contributed by atoms with Crippen LogP contribution in [0.2, 0.25) is 0 Å². The molecule has 6 heteroatoms. The van der Waals surface area contributed by atoms with E-state index in [1.54, 1.807) is 26.8 Å². The normalized spacial score (nSPS) is 14.1. The number of aliphatic carboxylic acids is 1. The third-order valence-electron chi connectivity index (χ3n) is 2.75. The smallest absolute Gasteiger partial charge is 0.408 e. The van der Waals surface area contributed by atoms with Gasteiger partial charge in [-0.2, -0.15) is 0 Å². The molecule has 21 heavy (non-hydrogen) atoms. The van der Waals surface area contributed by atoms with Crippen molar-refractivity contribution in [1.82, 2.24) is 5.32 Å². The van der Waals surface area contributed by atoms with Gasteiger partial charge in [-0.05, 0) is 39.3 Å². The first kappa shape index (κ1) is 16.9. The zero-order valence-corrected chi connectivity index (χ0v) is 12.6. The molecule has 1 atom stereocenters. The van der Waals surface area contributed by atoms with Crippen LogP contribution in [-0.4, -0.2) is 28.3 Å². The molecule has 0 saturated carbocycles. The minimum absolute atomic E-state index is 0.186. The van der Waals surface area contributed by atoms with Gasteiger partial charge in [-0.1, -0.05) is 18.2 Å². The molecule has 1 aromatic rings. The van der Waals surface area contributed by atoms with Crippen LogP contribution in [0.15, 0.2) is 24.3 Å². The van der Waals surface area contributed by atoms with Crippen LogP contribution in [0.25, 0.3) is 0 Å². The van der Waals surface area contributed by atoms with Gasteiger partial charge in [-0.25, -0.2) is 14.0 Å². The fourth-order valence-corrected chi connectivity index (χ4v) is 1.72. The molecule has 2 N–H and O–H groups in total. The lowest BCUT2D eigenvalue weighted by atomic mass is 9.92. The largest absolute Gasteiger partial charge is 0.480 e. The maximum Gasteiger partial charge on any atom is 0.408 e.